The Morgan fingerprint density at radius 1 is 0.968 bits per heavy atom. The molecule has 1 fully saturated rings. The maximum Gasteiger partial charge on any atom is 0.257 e. The molecule has 0 unspecified atom stereocenters. The lowest BCUT2D eigenvalue weighted by Gasteiger charge is -2.22. The van der Waals surface area contributed by atoms with Gasteiger partial charge in [0.2, 0.25) is 10.0 Å². The maximum absolute atomic E-state index is 13.3. The van der Waals surface area contributed by atoms with Crippen molar-refractivity contribution < 1.29 is 27.4 Å². The molecule has 2 aromatic carbocycles. The Bertz CT molecular complexity index is 1030. The second-order valence-electron chi connectivity index (χ2n) is 7.26. The molecule has 1 saturated heterocycles. The van der Waals surface area contributed by atoms with Gasteiger partial charge < -0.3 is 19.1 Å². The van der Waals surface area contributed by atoms with Crippen molar-refractivity contribution in [3.8, 4) is 17.2 Å². The number of amides is 1. The van der Waals surface area contributed by atoms with E-state index in [1.807, 2.05) is 0 Å². The van der Waals surface area contributed by atoms with Crippen LogP contribution in [0.3, 0.4) is 0 Å². The number of sulfonamides is 1. The van der Waals surface area contributed by atoms with E-state index in [0.29, 0.717) is 35.9 Å². The third kappa shape index (κ3) is 4.62. The molecule has 0 aliphatic carbocycles. The SMILES string of the molecule is COc1ccc(S(=O)(=O)N(C)Cc2c(OC)cccc2OC)cc1C(=O)N1CCCC1. The molecule has 0 aromatic heterocycles. The smallest absolute Gasteiger partial charge is 0.257 e. The molecular formula is C22H28N2O6S. The Morgan fingerprint density at radius 3 is 2.10 bits per heavy atom. The number of hydrogen-bond acceptors (Lipinski definition) is 6. The van der Waals surface area contributed by atoms with Gasteiger partial charge in [0.25, 0.3) is 5.91 Å². The van der Waals surface area contributed by atoms with Crippen LogP contribution in [0.2, 0.25) is 0 Å². The fourth-order valence-corrected chi connectivity index (χ4v) is 4.84. The molecule has 1 amide bonds. The number of carbonyl (C=O) groups excluding carboxylic acids is 1. The number of nitrogens with zero attached hydrogens (tertiary/aromatic N) is 2. The minimum atomic E-state index is -3.90. The molecule has 9 heteroatoms. The van der Waals surface area contributed by atoms with Gasteiger partial charge in [0, 0.05) is 26.7 Å². The minimum absolute atomic E-state index is 0.0206. The van der Waals surface area contributed by atoms with Crippen LogP contribution in [0.15, 0.2) is 41.3 Å². The van der Waals surface area contributed by atoms with E-state index in [-0.39, 0.29) is 22.9 Å². The van der Waals surface area contributed by atoms with Gasteiger partial charge in [0.1, 0.15) is 17.2 Å². The fourth-order valence-electron chi connectivity index (χ4n) is 3.68. The average Bonchev–Trinajstić information content (AvgIpc) is 3.33. The van der Waals surface area contributed by atoms with E-state index < -0.39 is 10.0 Å². The lowest BCUT2D eigenvalue weighted by atomic mass is 10.1. The zero-order valence-electron chi connectivity index (χ0n) is 18.3. The van der Waals surface area contributed by atoms with E-state index in [1.54, 1.807) is 23.1 Å². The van der Waals surface area contributed by atoms with Crippen LogP contribution in [0, 0.1) is 0 Å². The van der Waals surface area contributed by atoms with Gasteiger partial charge in [0.05, 0.1) is 37.4 Å². The first-order valence-corrected chi connectivity index (χ1v) is 11.4. The van der Waals surface area contributed by atoms with Gasteiger partial charge in [-0.2, -0.15) is 4.31 Å². The molecule has 31 heavy (non-hydrogen) atoms. The van der Waals surface area contributed by atoms with Gasteiger partial charge in [-0.25, -0.2) is 8.42 Å². The Balaban J connectivity index is 1.95. The van der Waals surface area contributed by atoms with Crippen molar-refractivity contribution in [2.45, 2.75) is 24.3 Å². The van der Waals surface area contributed by atoms with Crippen LogP contribution in [-0.2, 0) is 16.6 Å². The van der Waals surface area contributed by atoms with Gasteiger partial charge in [-0.15, -0.1) is 0 Å². The van der Waals surface area contributed by atoms with Gasteiger partial charge in [-0.1, -0.05) is 6.07 Å². The number of ether oxygens (including phenoxy) is 3. The number of methoxy groups -OCH3 is 3. The fraction of sp³-hybridized carbons (Fsp3) is 0.409. The van der Waals surface area contributed by atoms with Crippen LogP contribution in [0.25, 0.3) is 0 Å². The number of likely N-dealkylation sites (tertiary alicyclic amines) is 1. The highest BCUT2D eigenvalue weighted by Gasteiger charge is 2.28. The van der Waals surface area contributed by atoms with Crippen LogP contribution < -0.4 is 14.2 Å². The molecule has 0 spiro atoms. The van der Waals surface area contributed by atoms with Crippen molar-refractivity contribution in [1.29, 1.82) is 0 Å². The monoisotopic (exact) mass is 448 g/mol. The van der Waals surface area contributed by atoms with Crippen molar-refractivity contribution in [1.82, 2.24) is 9.21 Å². The van der Waals surface area contributed by atoms with Gasteiger partial charge in [-0.05, 0) is 43.2 Å². The number of benzene rings is 2. The van der Waals surface area contributed by atoms with Crippen molar-refractivity contribution in [3.63, 3.8) is 0 Å². The highest BCUT2D eigenvalue weighted by Crippen LogP contribution is 2.32. The topological polar surface area (TPSA) is 85.4 Å². The van der Waals surface area contributed by atoms with E-state index in [2.05, 4.69) is 0 Å². The molecular weight excluding hydrogens is 420 g/mol. The Morgan fingerprint density at radius 2 is 1.55 bits per heavy atom. The molecule has 0 bridgehead atoms. The number of rotatable bonds is 8. The quantitative estimate of drug-likeness (QED) is 0.617. The lowest BCUT2D eigenvalue weighted by Crippen LogP contribution is -2.29. The van der Waals surface area contributed by atoms with Crippen LogP contribution in [-0.4, -0.2) is 65.0 Å². The standard InChI is InChI=1S/C22H28N2O6S/c1-23(15-18-19(28-2)8-7-9-20(18)29-3)31(26,27)16-10-11-21(30-4)17(14-16)22(25)24-12-5-6-13-24/h7-11,14H,5-6,12-13,15H2,1-4H3. The Hall–Kier alpha value is -2.78. The zero-order valence-corrected chi connectivity index (χ0v) is 19.1. The first-order chi connectivity index (χ1) is 14.8. The molecule has 0 saturated carbocycles. The molecule has 0 radical (unpaired) electrons. The minimum Gasteiger partial charge on any atom is -0.496 e. The molecule has 168 valence electrons. The Labute approximate surface area is 183 Å². The molecule has 1 heterocycles. The molecule has 3 rings (SSSR count). The van der Waals surface area contributed by atoms with Crippen LogP contribution >= 0.6 is 0 Å². The molecule has 0 N–H and O–H groups in total. The van der Waals surface area contributed by atoms with Crippen LogP contribution in [0.4, 0.5) is 0 Å². The van der Waals surface area contributed by atoms with Gasteiger partial charge >= 0.3 is 0 Å². The van der Waals surface area contributed by atoms with E-state index >= 15 is 0 Å². The summed E-state index contributed by atoms with van der Waals surface area (Å²) in [5.41, 5.74) is 0.856. The van der Waals surface area contributed by atoms with Crippen molar-refractivity contribution >= 4 is 15.9 Å². The zero-order chi connectivity index (χ0) is 22.6. The van der Waals surface area contributed by atoms with Gasteiger partial charge in [-0.3, -0.25) is 4.79 Å². The van der Waals surface area contributed by atoms with E-state index in [0.717, 1.165) is 12.8 Å². The number of carbonyl (C=O) groups is 1. The summed E-state index contributed by atoms with van der Waals surface area (Å²) in [4.78, 5) is 14.7. The van der Waals surface area contributed by atoms with E-state index in [4.69, 9.17) is 14.2 Å². The third-order valence-corrected chi connectivity index (χ3v) is 7.21. The summed E-state index contributed by atoms with van der Waals surface area (Å²) >= 11 is 0. The highest BCUT2D eigenvalue weighted by molar-refractivity contribution is 7.89. The maximum atomic E-state index is 13.3. The Kier molecular flexibility index (Phi) is 7.07. The number of hydrogen-bond donors (Lipinski definition) is 0. The average molecular weight is 449 g/mol. The van der Waals surface area contributed by atoms with Crippen molar-refractivity contribution in [2.24, 2.45) is 0 Å². The van der Waals surface area contributed by atoms with Gasteiger partial charge in [0.15, 0.2) is 0 Å². The highest BCUT2D eigenvalue weighted by atomic mass is 32.2. The summed E-state index contributed by atoms with van der Waals surface area (Å²) in [5, 5.41) is 0. The van der Waals surface area contributed by atoms with E-state index in [9.17, 15) is 13.2 Å². The summed E-state index contributed by atoms with van der Waals surface area (Å²) in [5.74, 6) is 1.19. The normalized spacial score (nSPS) is 14.0. The molecule has 8 nitrogen and oxygen atoms in total. The van der Waals surface area contributed by atoms with E-state index in [1.165, 1.54) is 50.9 Å². The summed E-state index contributed by atoms with van der Waals surface area (Å²) in [7, 11) is 2.09. The lowest BCUT2D eigenvalue weighted by molar-refractivity contribution is 0.0789. The first-order valence-electron chi connectivity index (χ1n) is 9.97. The van der Waals surface area contributed by atoms with Crippen molar-refractivity contribution in [2.75, 3.05) is 41.5 Å². The third-order valence-electron chi connectivity index (χ3n) is 5.41. The predicted octanol–water partition coefficient (Wildman–Crippen LogP) is 2.77. The summed E-state index contributed by atoms with van der Waals surface area (Å²) in [6, 6.07) is 9.63. The molecule has 0 atom stereocenters. The second kappa shape index (κ2) is 9.57. The summed E-state index contributed by atoms with van der Waals surface area (Å²) in [6.45, 7) is 1.36. The molecule has 1 aliphatic heterocycles. The summed E-state index contributed by atoms with van der Waals surface area (Å²) < 4.78 is 43.9. The second-order valence-corrected chi connectivity index (χ2v) is 9.31. The van der Waals surface area contributed by atoms with Crippen molar-refractivity contribution in [3.05, 3.63) is 47.5 Å². The first kappa shape index (κ1) is 22.9. The molecule has 2 aromatic rings. The largest absolute Gasteiger partial charge is 0.496 e. The van der Waals surface area contributed by atoms with Crippen LogP contribution in [0.1, 0.15) is 28.8 Å². The predicted molar refractivity (Wildman–Crippen MR) is 116 cm³/mol. The molecule has 1 aliphatic rings. The van der Waals surface area contributed by atoms with Crippen LogP contribution in [0.5, 0.6) is 17.2 Å². The summed E-state index contributed by atoms with van der Waals surface area (Å²) in [6.07, 6.45) is 1.88.